The predicted molar refractivity (Wildman–Crippen MR) is 89.6 cm³/mol. The highest BCUT2D eigenvalue weighted by molar-refractivity contribution is 5.15. The van der Waals surface area contributed by atoms with Crippen molar-refractivity contribution in [2.75, 3.05) is 6.54 Å². The molecule has 0 saturated carbocycles. The van der Waals surface area contributed by atoms with Crippen LogP contribution < -0.4 is 5.32 Å². The summed E-state index contributed by atoms with van der Waals surface area (Å²) in [5.74, 6) is 0.647. The Morgan fingerprint density at radius 3 is 2.52 bits per heavy atom. The fourth-order valence-electron chi connectivity index (χ4n) is 3.20. The quantitative estimate of drug-likeness (QED) is 0.812. The van der Waals surface area contributed by atoms with E-state index in [1.54, 1.807) is 0 Å². The molecule has 2 unspecified atom stereocenters. The maximum Gasteiger partial charge on any atom is 0.0631 e. The molecule has 1 saturated heterocycles. The van der Waals surface area contributed by atoms with Gasteiger partial charge in [0.15, 0.2) is 0 Å². The Hall–Kier alpha value is -0.860. The molecular weight excluding hydrogens is 258 g/mol. The van der Waals surface area contributed by atoms with Crippen molar-refractivity contribution in [1.29, 1.82) is 0 Å². The Balaban J connectivity index is 1.92. The second kappa shape index (κ2) is 7.42. The molecular formula is C19H31NO. The molecule has 1 heterocycles. The second-order valence-corrected chi connectivity index (χ2v) is 7.39. The van der Waals surface area contributed by atoms with E-state index in [4.69, 9.17) is 4.74 Å². The third kappa shape index (κ3) is 5.80. The molecule has 0 radical (unpaired) electrons. The van der Waals surface area contributed by atoms with Crippen LogP contribution in [0.15, 0.2) is 30.3 Å². The monoisotopic (exact) mass is 289 g/mol. The van der Waals surface area contributed by atoms with E-state index in [0.717, 1.165) is 19.4 Å². The van der Waals surface area contributed by atoms with Gasteiger partial charge >= 0.3 is 0 Å². The topological polar surface area (TPSA) is 21.3 Å². The first-order chi connectivity index (χ1) is 9.94. The van der Waals surface area contributed by atoms with Gasteiger partial charge in [-0.25, -0.2) is 0 Å². The first kappa shape index (κ1) is 16.5. The average Bonchev–Trinajstić information content (AvgIpc) is 2.76. The van der Waals surface area contributed by atoms with Crippen LogP contribution in [0.1, 0.15) is 52.5 Å². The summed E-state index contributed by atoms with van der Waals surface area (Å²) in [4.78, 5) is 0. The van der Waals surface area contributed by atoms with Gasteiger partial charge in [0.05, 0.1) is 11.7 Å². The van der Waals surface area contributed by atoms with E-state index < -0.39 is 0 Å². The van der Waals surface area contributed by atoms with Gasteiger partial charge in [0.1, 0.15) is 0 Å². The lowest BCUT2D eigenvalue weighted by Crippen LogP contribution is -2.32. The third-order valence-electron chi connectivity index (χ3n) is 4.33. The Morgan fingerprint density at radius 2 is 1.95 bits per heavy atom. The lowest BCUT2D eigenvalue weighted by Gasteiger charge is -2.24. The van der Waals surface area contributed by atoms with Crippen LogP contribution in [0.2, 0.25) is 0 Å². The van der Waals surface area contributed by atoms with Gasteiger partial charge in [-0.2, -0.15) is 0 Å². The van der Waals surface area contributed by atoms with Crippen LogP contribution in [-0.4, -0.2) is 24.3 Å². The zero-order valence-electron chi connectivity index (χ0n) is 14.1. The number of benzene rings is 1. The van der Waals surface area contributed by atoms with Crippen molar-refractivity contribution < 1.29 is 4.74 Å². The number of nitrogens with one attached hydrogen (secondary N) is 1. The van der Waals surface area contributed by atoms with Crippen molar-refractivity contribution in [2.45, 2.75) is 71.1 Å². The molecule has 0 bridgehead atoms. The molecule has 0 spiro atoms. The maximum absolute atomic E-state index is 6.20. The smallest absolute Gasteiger partial charge is 0.0631 e. The van der Waals surface area contributed by atoms with Crippen LogP contribution in [0, 0.1) is 5.92 Å². The highest BCUT2D eigenvalue weighted by atomic mass is 16.5. The zero-order chi connectivity index (χ0) is 15.3. The Bertz CT molecular complexity index is 413. The minimum absolute atomic E-state index is 0.0768. The van der Waals surface area contributed by atoms with Gasteiger partial charge in [0, 0.05) is 6.04 Å². The lowest BCUT2D eigenvalue weighted by atomic mass is 9.92. The largest absolute Gasteiger partial charge is 0.372 e. The fourth-order valence-corrected chi connectivity index (χ4v) is 3.20. The highest BCUT2D eigenvalue weighted by Crippen LogP contribution is 2.33. The molecule has 2 heteroatoms. The van der Waals surface area contributed by atoms with Gasteiger partial charge in [0.25, 0.3) is 0 Å². The third-order valence-corrected chi connectivity index (χ3v) is 4.33. The number of hydrogen-bond donors (Lipinski definition) is 1. The van der Waals surface area contributed by atoms with Crippen molar-refractivity contribution in [3.63, 3.8) is 0 Å². The summed E-state index contributed by atoms with van der Waals surface area (Å²) in [5.41, 5.74) is 1.51. The normalized spacial score (nSPS) is 22.6. The van der Waals surface area contributed by atoms with Crippen LogP contribution in [0.5, 0.6) is 0 Å². The van der Waals surface area contributed by atoms with Crippen LogP contribution >= 0.6 is 0 Å². The Labute approximate surface area is 130 Å². The second-order valence-electron chi connectivity index (χ2n) is 7.39. The van der Waals surface area contributed by atoms with Crippen molar-refractivity contribution in [1.82, 2.24) is 5.32 Å². The lowest BCUT2D eigenvalue weighted by molar-refractivity contribution is -0.0245. The SMILES string of the molecule is CC(C)NCC(Cc1ccccc1)CC1CCC(C)(C)O1. The zero-order valence-corrected chi connectivity index (χ0v) is 14.1. The Kier molecular flexibility index (Phi) is 5.83. The van der Waals surface area contributed by atoms with E-state index in [9.17, 15) is 0 Å². The minimum atomic E-state index is 0.0768. The number of ether oxygens (including phenoxy) is 1. The molecule has 0 aromatic heterocycles. The maximum atomic E-state index is 6.20. The number of rotatable bonds is 7. The Morgan fingerprint density at radius 1 is 1.24 bits per heavy atom. The molecule has 1 aromatic rings. The minimum Gasteiger partial charge on any atom is -0.372 e. The number of hydrogen-bond acceptors (Lipinski definition) is 2. The molecule has 0 aliphatic carbocycles. The first-order valence-electron chi connectivity index (χ1n) is 8.40. The molecule has 21 heavy (non-hydrogen) atoms. The van der Waals surface area contributed by atoms with Crippen LogP contribution in [-0.2, 0) is 11.2 Å². The fraction of sp³-hybridized carbons (Fsp3) is 0.684. The van der Waals surface area contributed by atoms with E-state index in [1.807, 2.05) is 0 Å². The molecule has 2 nitrogen and oxygen atoms in total. The molecule has 2 atom stereocenters. The molecule has 118 valence electrons. The van der Waals surface area contributed by atoms with Crippen LogP contribution in [0.25, 0.3) is 0 Å². The highest BCUT2D eigenvalue weighted by Gasteiger charge is 2.32. The van der Waals surface area contributed by atoms with Gasteiger partial charge in [-0.15, -0.1) is 0 Å². The molecule has 2 rings (SSSR count). The van der Waals surface area contributed by atoms with E-state index in [1.165, 1.54) is 18.4 Å². The van der Waals surface area contributed by atoms with Gasteiger partial charge in [0.2, 0.25) is 0 Å². The summed E-state index contributed by atoms with van der Waals surface area (Å²) in [6.07, 6.45) is 5.13. The van der Waals surface area contributed by atoms with E-state index >= 15 is 0 Å². The summed E-state index contributed by atoms with van der Waals surface area (Å²) >= 11 is 0. The van der Waals surface area contributed by atoms with Crippen LogP contribution in [0.3, 0.4) is 0 Å². The van der Waals surface area contributed by atoms with Gasteiger partial charge < -0.3 is 10.1 Å². The standard InChI is InChI=1S/C19H31NO/c1-15(2)20-14-17(12-16-8-6-5-7-9-16)13-18-10-11-19(3,4)21-18/h5-9,15,17-18,20H,10-14H2,1-4H3. The average molecular weight is 289 g/mol. The molecule has 1 aliphatic rings. The van der Waals surface area contributed by atoms with Crippen molar-refractivity contribution >= 4 is 0 Å². The van der Waals surface area contributed by atoms with E-state index in [0.29, 0.717) is 18.1 Å². The summed E-state index contributed by atoms with van der Waals surface area (Å²) in [7, 11) is 0. The van der Waals surface area contributed by atoms with Gasteiger partial charge in [-0.3, -0.25) is 0 Å². The molecule has 0 amide bonds. The van der Waals surface area contributed by atoms with Gasteiger partial charge in [-0.05, 0) is 57.6 Å². The van der Waals surface area contributed by atoms with Crippen molar-refractivity contribution in [3.8, 4) is 0 Å². The summed E-state index contributed by atoms with van der Waals surface area (Å²) in [6, 6.07) is 11.4. The summed E-state index contributed by atoms with van der Waals surface area (Å²) in [5, 5.41) is 3.60. The van der Waals surface area contributed by atoms with Gasteiger partial charge in [-0.1, -0.05) is 44.2 Å². The van der Waals surface area contributed by atoms with Crippen LogP contribution in [0.4, 0.5) is 0 Å². The van der Waals surface area contributed by atoms with E-state index in [-0.39, 0.29) is 5.60 Å². The van der Waals surface area contributed by atoms with Crippen molar-refractivity contribution in [3.05, 3.63) is 35.9 Å². The molecule has 1 aromatic carbocycles. The summed E-state index contributed by atoms with van der Waals surface area (Å²) in [6.45, 7) is 9.94. The molecule has 1 fully saturated rings. The van der Waals surface area contributed by atoms with E-state index in [2.05, 4.69) is 63.3 Å². The summed E-state index contributed by atoms with van der Waals surface area (Å²) < 4.78 is 6.20. The molecule has 1 aliphatic heterocycles. The first-order valence-corrected chi connectivity index (χ1v) is 8.40. The van der Waals surface area contributed by atoms with Crippen molar-refractivity contribution in [2.24, 2.45) is 5.92 Å². The molecule has 1 N–H and O–H groups in total. The predicted octanol–water partition coefficient (Wildman–Crippen LogP) is 4.19.